The lowest BCUT2D eigenvalue weighted by Gasteiger charge is -2.13. The lowest BCUT2D eigenvalue weighted by Crippen LogP contribution is -2.22. The normalized spacial score (nSPS) is 11.4. The Morgan fingerprint density at radius 2 is 2.03 bits per heavy atom. The molecule has 0 aliphatic carbocycles. The van der Waals surface area contributed by atoms with Crippen LogP contribution in [0.3, 0.4) is 0 Å². The van der Waals surface area contributed by atoms with E-state index in [1.165, 1.54) is 22.2 Å². The second-order valence-electron chi connectivity index (χ2n) is 6.91. The van der Waals surface area contributed by atoms with Gasteiger partial charge < -0.3 is 0 Å². The fourth-order valence-corrected chi connectivity index (χ4v) is 4.48. The summed E-state index contributed by atoms with van der Waals surface area (Å²) in [5.74, 6) is 0.405. The molecule has 0 aliphatic heterocycles. The molecule has 31 heavy (non-hydrogen) atoms. The highest BCUT2D eigenvalue weighted by Crippen LogP contribution is 2.25. The summed E-state index contributed by atoms with van der Waals surface area (Å²) in [7, 11) is 0. The van der Waals surface area contributed by atoms with Crippen molar-refractivity contribution in [3.8, 4) is 5.69 Å². The summed E-state index contributed by atoms with van der Waals surface area (Å²) in [6.07, 6.45) is 1.69. The van der Waals surface area contributed by atoms with Crippen molar-refractivity contribution in [3.63, 3.8) is 0 Å². The molecular formula is C21H16ClN7OS. The Morgan fingerprint density at radius 1 is 1.16 bits per heavy atom. The number of aromatic nitrogens is 6. The second-order valence-corrected chi connectivity index (χ2v) is 8.29. The van der Waals surface area contributed by atoms with E-state index in [-0.39, 0.29) is 11.0 Å². The third kappa shape index (κ3) is 3.51. The third-order valence-electron chi connectivity index (χ3n) is 4.82. The van der Waals surface area contributed by atoms with Crippen LogP contribution in [0.25, 0.3) is 22.4 Å². The van der Waals surface area contributed by atoms with E-state index in [0.717, 1.165) is 11.4 Å². The number of halogens is 1. The first-order valence-corrected chi connectivity index (χ1v) is 10.8. The third-order valence-corrected chi connectivity index (χ3v) is 6.03. The molecule has 0 bridgehead atoms. The van der Waals surface area contributed by atoms with Gasteiger partial charge in [-0.1, -0.05) is 35.5 Å². The number of aromatic amines is 1. The first-order chi connectivity index (χ1) is 15.0. The highest BCUT2D eigenvalue weighted by molar-refractivity contribution is 7.98. The molecule has 8 nitrogen and oxygen atoms in total. The molecule has 0 radical (unpaired) electrons. The van der Waals surface area contributed by atoms with Gasteiger partial charge in [-0.2, -0.15) is 5.10 Å². The molecule has 0 atom stereocenters. The molecule has 0 spiro atoms. The Balaban J connectivity index is 1.62. The maximum absolute atomic E-state index is 12.4. The van der Waals surface area contributed by atoms with E-state index in [9.17, 15) is 4.79 Å². The number of nitrogens with zero attached hydrogens (tertiary/aromatic N) is 5. The predicted octanol–water partition coefficient (Wildman–Crippen LogP) is 3.49. The topological polar surface area (TPSA) is 105 Å². The molecule has 0 unspecified atom stereocenters. The van der Waals surface area contributed by atoms with Crippen LogP contribution in [-0.4, -0.2) is 29.1 Å². The molecule has 10 heteroatoms. The van der Waals surface area contributed by atoms with Crippen LogP contribution < -0.4 is 11.0 Å². The molecule has 0 fully saturated rings. The summed E-state index contributed by atoms with van der Waals surface area (Å²) >= 11 is 7.59. The van der Waals surface area contributed by atoms with Gasteiger partial charge in [0.2, 0.25) is 0 Å². The summed E-state index contributed by atoms with van der Waals surface area (Å²) in [5, 5.41) is 17.7. The number of pyridine rings is 1. The van der Waals surface area contributed by atoms with Gasteiger partial charge in [0.25, 0.3) is 5.56 Å². The standard InChI is InChI=1S/C21H16ClN7OS/c1-12-18-19(23)29(15-6-4-5-13(22)9-15)21(25-20(18)27-26-12)31-11-14-10-17(30)28-8-3-2-7-16(28)24-14/h2-10,23H,11H2,1H3,(H,26,27). The van der Waals surface area contributed by atoms with Crippen molar-refractivity contribution in [2.24, 2.45) is 0 Å². The molecule has 5 rings (SSSR count). The monoisotopic (exact) mass is 449 g/mol. The number of benzene rings is 1. The Kier molecular flexibility index (Phi) is 4.84. The minimum absolute atomic E-state index is 0.142. The average Bonchev–Trinajstić information content (AvgIpc) is 3.13. The molecule has 2 N–H and O–H groups in total. The summed E-state index contributed by atoms with van der Waals surface area (Å²) in [6.45, 7) is 1.86. The zero-order chi connectivity index (χ0) is 21.5. The van der Waals surface area contributed by atoms with Crippen molar-refractivity contribution in [2.45, 2.75) is 17.8 Å². The predicted molar refractivity (Wildman–Crippen MR) is 120 cm³/mol. The SMILES string of the molecule is Cc1[nH]nc2nc(SCc3cc(=O)n4ccccc4n3)n(-c3cccc(Cl)c3)c(=N)c12. The van der Waals surface area contributed by atoms with Crippen molar-refractivity contribution < 1.29 is 0 Å². The summed E-state index contributed by atoms with van der Waals surface area (Å²) in [5.41, 5.74) is 3.29. The van der Waals surface area contributed by atoms with Crippen LogP contribution in [0.1, 0.15) is 11.4 Å². The fourth-order valence-electron chi connectivity index (χ4n) is 3.40. The van der Waals surface area contributed by atoms with Gasteiger partial charge >= 0.3 is 0 Å². The van der Waals surface area contributed by atoms with Gasteiger partial charge in [-0.15, -0.1) is 0 Å². The molecular weight excluding hydrogens is 434 g/mol. The lowest BCUT2D eigenvalue weighted by atomic mass is 10.3. The van der Waals surface area contributed by atoms with Crippen LogP contribution in [0.15, 0.2) is 64.7 Å². The first kappa shape index (κ1) is 19.5. The molecule has 4 aromatic heterocycles. The maximum atomic E-state index is 12.4. The largest absolute Gasteiger partial charge is 0.283 e. The number of rotatable bonds is 4. The quantitative estimate of drug-likeness (QED) is 0.323. The van der Waals surface area contributed by atoms with Gasteiger partial charge in [-0.05, 0) is 37.3 Å². The van der Waals surface area contributed by atoms with E-state index in [1.54, 1.807) is 35.0 Å². The molecule has 0 saturated heterocycles. The molecule has 154 valence electrons. The zero-order valence-electron chi connectivity index (χ0n) is 16.3. The van der Waals surface area contributed by atoms with Gasteiger partial charge in [-0.3, -0.25) is 24.3 Å². The fraction of sp³-hybridized carbons (Fsp3) is 0.0952. The number of fused-ring (bicyclic) bond motifs is 2. The average molecular weight is 450 g/mol. The van der Waals surface area contributed by atoms with Crippen LogP contribution in [0.2, 0.25) is 5.02 Å². The first-order valence-electron chi connectivity index (χ1n) is 9.39. The minimum Gasteiger partial charge on any atom is -0.283 e. The van der Waals surface area contributed by atoms with Gasteiger partial charge in [0, 0.05) is 28.7 Å². The Morgan fingerprint density at radius 3 is 2.87 bits per heavy atom. The minimum atomic E-state index is -0.142. The second kappa shape index (κ2) is 7.68. The lowest BCUT2D eigenvalue weighted by molar-refractivity contribution is 0.786. The molecule has 1 aromatic carbocycles. The van der Waals surface area contributed by atoms with Crippen LogP contribution in [-0.2, 0) is 5.75 Å². The number of hydrogen-bond acceptors (Lipinski definition) is 6. The zero-order valence-corrected chi connectivity index (χ0v) is 17.9. The molecule has 5 aromatic rings. The van der Waals surface area contributed by atoms with Crippen LogP contribution in [0.5, 0.6) is 0 Å². The van der Waals surface area contributed by atoms with Gasteiger partial charge in [0.05, 0.1) is 16.8 Å². The summed E-state index contributed by atoms with van der Waals surface area (Å²) in [4.78, 5) is 21.6. The van der Waals surface area contributed by atoms with Crippen molar-refractivity contribution in [2.75, 3.05) is 0 Å². The van der Waals surface area contributed by atoms with E-state index < -0.39 is 0 Å². The van der Waals surface area contributed by atoms with E-state index in [2.05, 4.69) is 20.2 Å². The van der Waals surface area contributed by atoms with E-state index in [0.29, 0.717) is 38.3 Å². The number of aryl methyl sites for hydroxylation is 1. The van der Waals surface area contributed by atoms with Crippen molar-refractivity contribution >= 4 is 40.0 Å². The van der Waals surface area contributed by atoms with Gasteiger partial charge in [0.15, 0.2) is 10.8 Å². The maximum Gasteiger partial charge on any atom is 0.258 e. The van der Waals surface area contributed by atoms with E-state index in [4.69, 9.17) is 17.0 Å². The number of nitrogens with one attached hydrogen (secondary N) is 2. The Hall–Kier alpha value is -3.43. The van der Waals surface area contributed by atoms with Crippen molar-refractivity contribution in [1.82, 2.24) is 29.1 Å². The summed E-state index contributed by atoms with van der Waals surface area (Å²) in [6, 6.07) is 14.2. The smallest absolute Gasteiger partial charge is 0.258 e. The Labute approximate surface area is 185 Å². The van der Waals surface area contributed by atoms with Gasteiger partial charge in [-0.25, -0.2) is 9.97 Å². The Bertz CT molecular complexity index is 1570. The van der Waals surface area contributed by atoms with Crippen LogP contribution in [0.4, 0.5) is 0 Å². The van der Waals surface area contributed by atoms with Crippen molar-refractivity contribution in [3.05, 3.63) is 87.0 Å². The van der Waals surface area contributed by atoms with Crippen LogP contribution in [0, 0.1) is 12.3 Å². The molecule has 4 heterocycles. The number of hydrogen-bond donors (Lipinski definition) is 2. The number of thioether (sulfide) groups is 1. The van der Waals surface area contributed by atoms with Crippen molar-refractivity contribution in [1.29, 1.82) is 5.41 Å². The highest BCUT2D eigenvalue weighted by atomic mass is 35.5. The molecule has 0 aliphatic rings. The molecule has 0 amide bonds. The molecule has 0 saturated carbocycles. The van der Waals surface area contributed by atoms with Crippen LogP contribution >= 0.6 is 23.4 Å². The number of H-pyrrole nitrogens is 1. The van der Waals surface area contributed by atoms with E-state index in [1.807, 2.05) is 25.1 Å². The van der Waals surface area contributed by atoms with Gasteiger partial charge in [0.1, 0.15) is 11.1 Å². The van der Waals surface area contributed by atoms with E-state index >= 15 is 0 Å². The highest BCUT2D eigenvalue weighted by Gasteiger charge is 2.16. The summed E-state index contributed by atoms with van der Waals surface area (Å²) < 4.78 is 3.23.